The molecule has 0 atom stereocenters. The lowest BCUT2D eigenvalue weighted by atomic mass is 9.70. The molecule has 150 valence electrons. The van der Waals surface area contributed by atoms with E-state index in [0.29, 0.717) is 0 Å². The normalized spacial score (nSPS) is 16.2. The summed E-state index contributed by atoms with van der Waals surface area (Å²) < 4.78 is 200. The van der Waals surface area contributed by atoms with Gasteiger partial charge in [0, 0.05) is 0 Å². The van der Waals surface area contributed by atoms with Crippen LogP contribution in [0.4, 0.5) is 70.2 Å². The molecule has 0 rings (SSSR count). The summed E-state index contributed by atoms with van der Waals surface area (Å²) in [6.07, 6.45) is -24.7. The largest absolute Gasteiger partial charge is 0.459 e. The summed E-state index contributed by atoms with van der Waals surface area (Å²) >= 11 is 0. The molecule has 0 amide bonds. The average molecular weight is 416 g/mol. The van der Waals surface area contributed by atoms with Crippen LogP contribution in [0.15, 0.2) is 0 Å². The molecule has 0 aliphatic carbocycles. The Morgan fingerprint density at radius 1 is 0.480 bits per heavy atom. The second-order valence-electron chi connectivity index (χ2n) is 4.24. The summed E-state index contributed by atoms with van der Waals surface area (Å²) in [5, 5.41) is 0. The van der Waals surface area contributed by atoms with Gasteiger partial charge in [0.15, 0.2) is 0 Å². The van der Waals surface area contributed by atoms with Crippen LogP contribution in [0, 0.1) is 5.41 Å². The van der Waals surface area contributed by atoms with Gasteiger partial charge in [0.1, 0.15) is 0 Å². The van der Waals surface area contributed by atoms with Gasteiger partial charge in [0.25, 0.3) is 0 Å². The van der Waals surface area contributed by atoms with E-state index >= 15 is 0 Å². The Morgan fingerprint density at radius 3 is 0.920 bits per heavy atom. The van der Waals surface area contributed by atoms with Crippen molar-refractivity contribution in [2.45, 2.75) is 36.3 Å². The molecule has 0 aromatic heterocycles. The highest BCUT2D eigenvalue weighted by atomic mass is 19.4. The van der Waals surface area contributed by atoms with E-state index in [1.165, 1.54) is 0 Å². The van der Waals surface area contributed by atoms with Crippen LogP contribution in [0.2, 0.25) is 0 Å². The third-order valence-electron chi connectivity index (χ3n) is 2.79. The molecule has 0 saturated heterocycles. The minimum absolute atomic E-state index is 5.17. The van der Waals surface area contributed by atoms with Crippen LogP contribution in [0.5, 0.6) is 0 Å². The third-order valence-corrected chi connectivity index (χ3v) is 2.79. The summed E-state index contributed by atoms with van der Waals surface area (Å²) in [6.45, 7) is 0. The molecule has 0 heterocycles. The molecule has 0 aliphatic rings. The first-order valence-electron chi connectivity index (χ1n) is 4.98. The predicted molar refractivity (Wildman–Crippen MR) is 41.6 cm³/mol. The van der Waals surface area contributed by atoms with Crippen molar-refractivity contribution in [3.8, 4) is 0 Å². The molecule has 0 bridgehead atoms. The summed E-state index contributed by atoms with van der Waals surface area (Å²) in [6, 6.07) is -5.17. The first-order chi connectivity index (χ1) is 10.4. The molecule has 0 aromatic carbocycles. The number of hydrogen-bond donors (Lipinski definition) is 0. The lowest BCUT2D eigenvalue weighted by Gasteiger charge is -2.46. The molecular weight excluding hydrogens is 416 g/mol. The van der Waals surface area contributed by atoms with Crippen LogP contribution in [0.3, 0.4) is 0 Å². The molecule has 0 spiro atoms. The van der Waals surface area contributed by atoms with Gasteiger partial charge in [0.2, 0.25) is 0 Å². The SMILES string of the molecule is O=C(F)C(F)(F)C(C(F)(F)F)(C(F)(F)F)C(F)(F)C(F)(F)C(F)(F)F. The highest BCUT2D eigenvalue weighted by Gasteiger charge is 3.00. The van der Waals surface area contributed by atoms with Gasteiger partial charge in [-0.1, -0.05) is 0 Å². The smallest absolute Gasteiger partial charge is 0.254 e. The molecule has 0 radical (unpaired) electrons. The molecule has 0 aromatic rings. The number of alkyl halides is 15. The summed E-state index contributed by atoms with van der Waals surface area (Å²) in [4.78, 5) is 9.75. The van der Waals surface area contributed by atoms with E-state index in [1.54, 1.807) is 0 Å². The van der Waals surface area contributed by atoms with Crippen molar-refractivity contribution >= 4 is 6.04 Å². The number of rotatable bonds is 4. The zero-order valence-corrected chi connectivity index (χ0v) is 10.5. The fourth-order valence-corrected chi connectivity index (χ4v) is 1.63. The van der Waals surface area contributed by atoms with Gasteiger partial charge in [-0.15, -0.1) is 0 Å². The number of hydrogen-bond acceptors (Lipinski definition) is 1. The average Bonchev–Trinajstić information content (AvgIpc) is 2.21. The number of carbonyl (C=O) groups is 1. The highest BCUT2D eigenvalue weighted by molar-refractivity contribution is 5.78. The zero-order valence-electron chi connectivity index (χ0n) is 10.5. The van der Waals surface area contributed by atoms with Crippen molar-refractivity contribution in [3.05, 3.63) is 0 Å². The van der Waals surface area contributed by atoms with Gasteiger partial charge in [-0.2, -0.15) is 70.2 Å². The molecule has 0 saturated carbocycles. The minimum Gasteiger partial charge on any atom is -0.254 e. The van der Waals surface area contributed by atoms with Crippen molar-refractivity contribution in [3.63, 3.8) is 0 Å². The lowest BCUT2D eigenvalue weighted by Crippen LogP contribution is -2.77. The lowest BCUT2D eigenvalue weighted by molar-refractivity contribution is -0.490. The fraction of sp³-hybridized carbons (Fsp3) is 0.875. The first-order valence-corrected chi connectivity index (χ1v) is 4.98. The highest BCUT2D eigenvalue weighted by Crippen LogP contribution is 2.70. The van der Waals surface area contributed by atoms with Crippen LogP contribution in [-0.4, -0.2) is 42.3 Å². The zero-order chi connectivity index (χ0) is 21.1. The third kappa shape index (κ3) is 2.78. The summed E-state index contributed by atoms with van der Waals surface area (Å²) in [5.74, 6) is -25.3. The van der Waals surface area contributed by atoms with Gasteiger partial charge in [-0.25, -0.2) is 0 Å². The van der Waals surface area contributed by atoms with E-state index in [-0.39, 0.29) is 0 Å². The molecule has 0 aliphatic heterocycles. The summed E-state index contributed by atoms with van der Waals surface area (Å²) in [5.41, 5.74) is -8.73. The molecular formula is C8F16O. The fourth-order valence-electron chi connectivity index (χ4n) is 1.63. The second kappa shape index (κ2) is 5.52. The van der Waals surface area contributed by atoms with E-state index in [0.717, 1.165) is 0 Å². The van der Waals surface area contributed by atoms with Gasteiger partial charge >= 0.3 is 47.7 Å². The first kappa shape index (κ1) is 23.5. The maximum absolute atomic E-state index is 13.2. The van der Waals surface area contributed by atoms with E-state index in [4.69, 9.17) is 0 Å². The number of halogens is 16. The van der Waals surface area contributed by atoms with E-state index < -0.39 is 47.7 Å². The minimum atomic E-state index is -8.79. The van der Waals surface area contributed by atoms with Crippen molar-refractivity contribution in [1.82, 2.24) is 0 Å². The Morgan fingerprint density at radius 2 is 0.760 bits per heavy atom. The Kier molecular flexibility index (Phi) is 5.20. The molecule has 0 N–H and O–H groups in total. The van der Waals surface area contributed by atoms with E-state index in [1.807, 2.05) is 0 Å². The van der Waals surface area contributed by atoms with Crippen molar-refractivity contribution in [2.24, 2.45) is 5.41 Å². The number of carbonyl (C=O) groups excluding carboxylic acids is 1. The molecule has 0 unspecified atom stereocenters. The molecule has 25 heavy (non-hydrogen) atoms. The van der Waals surface area contributed by atoms with Crippen LogP contribution < -0.4 is 0 Å². The van der Waals surface area contributed by atoms with E-state index in [2.05, 4.69) is 0 Å². The topological polar surface area (TPSA) is 17.1 Å². The Bertz CT molecular complexity index is 504. The Balaban J connectivity index is 7.46. The quantitative estimate of drug-likeness (QED) is 0.463. The molecule has 0 fully saturated rings. The Hall–Kier alpha value is -1.45. The monoisotopic (exact) mass is 416 g/mol. The predicted octanol–water partition coefficient (Wildman–Crippen LogP) is 5.06. The van der Waals surface area contributed by atoms with Crippen LogP contribution in [-0.2, 0) is 4.79 Å². The van der Waals surface area contributed by atoms with Crippen LogP contribution in [0.1, 0.15) is 0 Å². The van der Waals surface area contributed by atoms with Crippen LogP contribution >= 0.6 is 0 Å². The molecule has 17 heteroatoms. The van der Waals surface area contributed by atoms with Gasteiger partial charge in [0.05, 0.1) is 0 Å². The van der Waals surface area contributed by atoms with Crippen LogP contribution in [0.25, 0.3) is 0 Å². The van der Waals surface area contributed by atoms with Gasteiger partial charge < -0.3 is 0 Å². The van der Waals surface area contributed by atoms with Gasteiger partial charge in [-0.3, -0.25) is 4.79 Å². The summed E-state index contributed by atoms with van der Waals surface area (Å²) in [7, 11) is 0. The van der Waals surface area contributed by atoms with Crippen molar-refractivity contribution in [1.29, 1.82) is 0 Å². The second-order valence-corrected chi connectivity index (χ2v) is 4.24. The van der Waals surface area contributed by atoms with Crippen molar-refractivity contribution < 1.29 is 75.0 Å². The maximum atomic E-state index is 13.2. The molecule has 1 nitrogen and oxygen atoms in total. The van der Waals surface area contributed by atoms with E-state index in [9.17, 15) is 75.0 Å². The Labute approximate surface area is 124 Å². The standard InChI is InChI=1S/C8F16O/c9-1(25)2(10,11)3(6(16,17)18,7(19,20)21)4(12,13)5(14,15)8(22,23)24. The maximum Gasteiger partial charge on any atom is 0.459 e. The van der Waals surface area contributed by atoms with Crippen molar-refractivity contribution in [2.75, 3.05) is 0 Å². The van der Waals surface area contributed by atoms with Gasteiger partial charge in [-0.05, 0) is 0 Å².